The molecular weight excluding hydrogens is 284 g/mol. The topological polar surface area (TPSA) is 135 Å². The number of rotatable bonds is 3. The van der Waals surface area contributed by atoms with Gasteiger partial charge in [0.25, 0.3) is 5.56 Å². The van der Waals surface area contributed by atoms with Crippen molar-refractivity contribution in [2.45, 2.75) is 4.90 Å². The molecule has 20 heavy (non-hydrogen) atoms. The molecule has 0 radical (unpaired) electrons. The average molecular weight is 294 g/mol. The summed E-state index contributed by atoms with van der Waals surface area (Å²) in [6.45, 7) is 0. The van der Waals surface area contributed by atoms with E-state index in [0.717, 1.165) is 6.26 Å². The highest BCUT2D eigenvalue weighted by atomic mass is 32.2. The van der Waals surface area contributed by atoms with Gasteiger partial charge in [0.05, 0.1) is 4.90 Å². The maximum atomic E-state index is 11.7. The number of sulfone groups is 1. The van der Waals surface area contributed by atoms with Crippen LogP contribution in [0.15, 0.2) is 39.1 Å². The summed E-state index contributed by atoms with van der Waals surface area (Å²) in [6, 6.07) is 5.99. The molecule has 0 saturated carbocycles. The van der Waals surface area contributed by atoms with Crippen LogP contribution in [0.4, 0.5) is 11.5 Å². The van der Waals surface area contributed by atoms with Crippen LogP contribution in [0.2, 0.25) is 0 Å². The van der Waals surface area contributed by atoms with Crippen LogP contribution in [0.3, 0.4) is 0 Å². The highest BCUT2D eigenvalue weighted by Crippen LogP contribution is 2.25. The molecule has 0 saturated heterocycles. The predicted octanol–water partition coefficient (Wildman–Crippen LogP) is 0.821. The van der Waals surface area contributed by atoms with Crippen LogP contribution in [0, 0.1) is 4.91 Å². The summed E-state index contributed by atoms with van der Waals surface area (Å²) in [4.78, 5) is 28.1. The number of hydrogen-bond donors (Lipinski definition) is 2. The van der Waals surface area contributed by atoms with E-state index in [0.29, 0.717) is 0 Å². The molecule has 2 rings (SSSR count). The Bertz CT molecular complexity index is 842. The van der Waals surface area contributed by atoms with E-state index in [9.17, 15) is 18.1 Å². The zero-order chi connectivity index (χ0) is 14.9. The zero-order valence-electron chi connectivity index (χ0n) is 10.3. The van der Waals surface area contributed by atoms with Crippen LogP contribution in [0.5, 0.6) is 0 Å². The fourth-order valence-electron chi connectivity index (χ4n) is 1.69. The molecule has 1 aromatic heterocycles. The van der Waals surface area contributed by atoms with Crippen molar-refractivity contribution >= 4 is 21.3 Å². The van der Waals surface area contributed by atoms with E-state index in [-0.39, 0.29) is 22.1 Å². The first-order valence-corrected chi connectivity index (χ1v) is 7.26. The van der Waals surface area contributed by atoms with E-state index >= 15 is 0 Å². The molecule has 0 aliphatic rings. The number of nitrogen functional groups attached to an aromatic ring is 1. The lowest BCUT2D eigenvalue weighted by Gasteiger charge is -2.07. The minimum atomic E-state index is -3.51. The van der Waals surface area contributed by atoms with Gasteiger partial charge in [-0.1, -0.05) is 12.1 Å². The summed E-state index contributed by atoms with van der Waals surface area (Å²) < 4.78 is 23.4. The summed E-state index contributed by atoms with van der Waals surface area (Å²) in [6.07, 6.45) is 1.04. The molecule has 2 aromatic rings. The summed E-state index contributed by atoms with van der Waals surface area (Å²) in [5.41, 5.74) is 4.28. The van der Waals surface area contributed by atoms with Gasteiger partial charge in [0.2, 0.25) is 5.69 Å². The van der Waals surface area contributed by atoms with Gasteiger partial charge in [0.1, 0.15) is 5.82 Å². The molecule has 0 aliphatic heterocycles. The third-order valence-corrected chi connectivity index (χ3v) is 3.71. The SMILES string of the molecule is CS(=O)(=O)c1ccccc1-c1nc(N)c(N=O)c(=O)[nH]1. The summed E-state index contributed by atoms with van der Waals surface area (Å²) in [7, 11) is -3.51. The van der Waals surface area contributed by atoms with Crippen LogP contribution in [0.25, 0.3) is 11.4 Å². The fraction of sp³-hybridized carbons (Fsp3) is 0.0909. The molecule has 104 valence electrons. The van der Waals surface area contributed by atoms with Crippen molar-refractivity contribution in [3.8, 4) is 11.4 Å². The molecule has 0 aliphatic carbocycles. The summed E-state index contributed by atoms with van der Waals surface area (Å²) in [5.74, 6) is -0.400. The number of nitrogens with one attached hydrogen (secondary N) is 1. The summed E-state index contributed by atoms with van der Waals surface area (Å²) in [5, 5.41) is 2.48. The van der Waals surface area contributed by atoms with Gasteiger partial charge < -0.3 is 10.7 Å². The van der Waals surface area contributed by atoms with Gasteiger partial charge in [-0.2, -0.15) is 0 Å². The van der Waals surface area contributed by atoms with Crippen LogP contribution in [-0.2, 0) is 9.84 Å². The van der Waals surface area contributed by atoms with Gasteiger partial charge in [0.15, 0.2) is 15.7 Å². The van der Waals surface area contributed by atoms with Crippen molar-refractivity contribution in [1.82, 2.24) is 9.97 Å². The van der Waals surface area contributed by atoms with Gasteiger partial charge in [-0.25, -0.2) is 13.4 Å². The number of aromatic amines is 1. The Hall–Kier alpha value is -2.55. The molecule has 9 heteroatoms. The molecule has 3 N–H and O–H groups in total. The minimum absolute atomic E-state index is 0.00522. The second-order valence-corrected chi connectivity index (χ2v) is 5.99. The van der Waals surface area contributed by atoms with Crippen molar-refractivity contribution in [2.75, 3.05) is 12.0 Å². The lowest BCUT2D eigenvalue weighted by Crippen LogP contribution is -2.12. The second kappa shape index (κ2) is 4.85. The third kappa shape index (κ3) is 2.43. The third-order valence-electron chi connectivity index (χ3n) is 2.55. The van der Waals surface area contributed by atoms with Gasteiger partial charge in [0, 0.05) is 11.8 Å². The Labute approximate surface area is 113 Å². The largest absolute Gasteiger partial charge is 0.382 e. The Morgan fingerprint density at radius 3 is 2.50 bits per heavy atom. The van der Waals surface area contributed by atoms with Crippen molar-refractivity contribution in [3.63, 3.8) is 0 Å². The Morgan fingerprint density at radius 1 is 1.30 bits per heavy atom. The Kier molecular flexibility index (Phi) is 3.36. The van der Waals surface area contributed by atoms with Crippen molar-refractivity contribution < 1.29 is 8.42 Å². The van der Waals surface area contributed by atoms with Gasteiger partial charge in [-0.3, -0.25) is 4.79 Å². The van der Waals surface area contributed by atoms with E-state index in [2.05, 4.69) is 15.1 Å². The lowest BCUT2D eigenvalue weighted by atomic mass is 10.2. The smallest absolute Gasteiger partial charge is 0.282 e. The van der Waals surface area contributed by atoms with Crippen LogP contribution >= 0.6 is 0 Å². The molecule has 0 fully saturated rings. The molecule has 0 amide bonds. The Balaban J connectivity index is 2.77. The molecule has 1 heterocycles. The maximum absolute atomic E-state index is 11.7. The fourth-order valence-corrected chi connectivity index (χ4v) is 2.58. The van der Waals surface area contributed by atoms with Crippen LogP contribution in [0.1, 0.15) is 0 Å². The predicted molar refractivity (Wildman–Crippen MR) is 73.3 cm³/mol. The van der Waals surface area contributed by atoms with Gasteiger partial charge >= 0.3 is 0 Å². The Morgan fingerprint density at radius 2 is 1.95 bits per heavy atom. The molecular formula is C11H10N4O4S. The number of hydrogen-bond acceptors (Lipinski definition) is 7. The molecule has 0 unspecified atom stereocenters. The monoisotopic (exact) mass is 294 g/mol. The number of aromatic nitrogens is 2. The summed E-state index contributed by atoms with van der Waals surface area (Å²) >= 11 is 0. The van der Waals surface area contributed by atoms with Crippen LogP contribution in [-0.4, -0.2) is 24.6 Å². The molecule has 8 nitrogen and oxygen atoms in total. The van der Waals surface area contributed by atoms with E-state index < -0.39 is 21.1 Å². The first-order valence-electron chi connectivity index (χ1n) is 5.37. The van der Waals surface area contributed by atoms with E-state index in [1.807, 2.05) is 0 Å². The molecule has 0 spiro atoms. The highest BCUT2D eigenvalue weighted by Gasteiger charge is 2.17. The van der Waals surface area contributed by atoms with Gasteiger partial charge in [-0.05, 0) is 17.3 Å². The number of nitrogens with zero attached hydrogens (tertiary/aromatic N) is 2. The standard InChI is InChI=1S/C11H10N4O4S/c1-20(18,19)7-5-3-2-4-6(7)10-13-9(12)8(15-17)11(16)14-10/h2-5H,1H3,(H3,12,13,14,16). The molecule has 1 aromatic carbocycles. The van der Waals surface area contributed by atoms with Gasteiger partial charge in [-0.15, -0.1) is 4.91 Å². The average Bonchev–Trinajstić information content (AvgIpc) is 2.37. The first-order chi connectivity index (χ1) is 9.34. The van der Waals surface area contributed by atoms with E-state index in [1.165, 1.54) is 12.1 Å². The van der Waals surface area contributed by atoms with Crippen molar-refractivity contribution in [3.05, 3.63) is 39.5 Å². The number of nitrogens with two attached hydrogens (primary N) is 1. The maximum Gasteiger partial charge on any atom is 0.282 e. The highest BCUT2D eigenvalue weighted by molar-refractivity contribution is 7.90. The minimum Gasteiger partial charge on any atom is -0.382 e. The van der Waals surface area contributed by atoms with Crippen LogP contribution < -0.4 is 11.3 Å². The number of H-pyrrole nitrogens is 1. The molecule has 0 atom stereocenters. The first kappa shape index (κ1) is 13.9. The lowest BCUT2D eigenvalue weighted by molar-refractivity contribution is 0.602. The molecule has 0 bridgehead atoms. The van der Waals surface area contributed by atoms with Crippen molar-refractivity contribution in [1.29, 1.82) is 0 Å². The number of benzene rings is 1. The van der Waals surface area contributed by atoms with E-state index in [4.69, 9.17) is 5.73 Å². The number of nitroso groups, excluding NO2 is 1. The quantitative estimate of drug-likeness (QED) is 0.804. The normalized spacial score (nSPS) is 11.2. The zero-order valence-corrected chi connectivity index (χ0v) is 11.1. The second-order valence-electron chi connectivity index (χ2n) is 4.01. The van der Waals surface area contributed by atoms with Crippen molar-refractivity contribution in [2.24, 2.45) is 5.18 Å². The van der Waals surface area contributed by atoms with E-state index in [1.54, 1.807) is 12.1 Å². The number of anilines is 1.